The molecule has 11 nitrogen and oxygen atoms in total. The van der Waals surface area contributed by atoms with Gasteiger partial charge in [0.05, 0.1) is 19.5 Å². The number of hydrogen-bond donors (Lipinski definition) is 1. The number of pyridine rings is 1. The Morgan fingerprint density at radius 3 is 2.21 bits per heavy atom. The van der Waals surface area contributed by atoms with Crippen molar-refractivity contribution in [2.75, 3.05) is 18.9 Å². The van der Waals surface area contributed by atoms with Crippen molar-refractivity contribution < 1.29 is 17.9 Å². The van der Waals surface area contributed by atoms with Crippen LogP contribution in [0.5, 0.6) is 11.5 Å². The number of nitrogens with one attached hydrogen (secondary N) is 1. The molecule has 1 N–H and O–H groups in total. The molecule has 0 unspecified atom stereocenters. The maximum atomic E-state index is 13.6. The van der Waals surface area contributed by atoms with Crippen LogP contribution < -0.4 is 14.2 Å². The largest absolute Gasteiger partial charge is 0.494 e. The predicted octanol–water partition coefficient (Wildman–Crippen LogP) is 3.94. The van der Waals surface area contributed by atoms with Gasteiger partial charge in [0.1, 0.15) is 28.7 Å². The second kappa shape index (κ2) is 11.1. The van der Waals surface area contributed by atoms with E-state index in [-0.39, 0.29) is 5.95 Å². The average Bonchev–Trinajstić information content (AvgIpc) is 3.34. The first-order valence-corrected chi connectivity index (χ1v) is 13.7. The topological polar surface area (TPSA) is 134 Å². The van der Waals surface area contributed by atoms with E-state index in [4.69, 9.17) is 9.47 Å². The second-order valence-corrected chi connectivity index (χ2v) is 10.9. The Labute approximate surface area is 222 Å². The lowest BCUT2D eigenvalue weighted by Gasteiger charge is -2.21. The normalized spacial score (nSPS) is 13.1. The molecule has 0 bridgehead atoms. The maximum absolute atomic E-state index is 13.6. The molecule has 4 rings (SSSR count). The number of benzene rings is 1. The molecule has 2 atom stereocenters. The Bertz CT molecular complexity index is 1500. The maximum Gasteiger partial charge on any atom is 0.243 e. The van der Waals surface area contributed by atoms with Crippen LogP contribution in [0.2, 0.25) is 0 Å². The zero-order valence-electron chi connectivity index (χ0n) is 22.2. The quantitative estimate of drug-likeness (QED) is 0.319. The van der Waals surface area contributed by atoms with Crippen molar-refractivity contribution >= 4 is 16.0 Å². The van der Waals surface area contributed by atoms with Crippen LogP contribution in [0.3, 0.4) is 0 Å². The minimum Gasteiger partial charge on any atom is -0.494 e. The lowest BCUT2D eigenvalue weighted by Crippen LogP contribution is -2.31. The fourth-order valence-corrected chi connectivity index (χ4v) is 5.15. The molecule has 1 aromatic carbocycles. The third kappa shape index (κ3) is 5.30. The lowest BCUT2D eigenvalue weighted by molar-refractivity contribution is 0.391. The molecule has 38 heavy (non-hydrogen) atoms. The molecule has 0 aliphatic rings. The Morgan fingerprint density at radius 1 is 0.974 bits per heavy atom. The van der Waals surface area contributed by atoms with Crippen LogP contribution in [0.15, 0.2) is 48.8 Å². The van der Waals surface area contributed by atoms with Gasteiger partial charge >= 0.3 is 0 Å². The molecule has 4 aromatic rings. The van der Waals surface area contributed by atoms with E-state index in [9.17, 15) is 8.42 Å². The van der Waals surface area contributed by atoms with Crippen molar-refractivity contribution in [2.45, 2.75) is 45.3 Å². The third-order valence-corrected chi connectivity index (χ3v) is 8.18. The predicted molar refractivity (Wildman–Crippen MR) is 144 cm³/mol. The number of aromatic nitrogens is 6. The summed E-state index contributed by atoms with van der Waals surface area (Å²) in [6, 6.07) is 10.8. The van der Waals surface area contributed by atoms with Crippen molar-refractivity contribution in [1.29, 1.82) is 0 Å². The number of anilines is 1. The van der Waals surface area contributed by atoms with Gasteiger partial charge in [-0.1, -0.05) is 26.0 Å². The standard InChI is InChI=1S/C26H31N7O4S/c1-7-19-10-8-11-20(29-19)25-30-31-26(33(25)23-21(36-5)12-9-13-22(23)37-6)32-38(34,35)18(4)17(3)24-27-14-16(2)15-28-24/h8-15,17-18H,7H2,1-6H3,(H,31,32)/t17-,18-/m0/s1. The van der Waals surface area contributed by atoms with Crippen molar-refractivity contribution in [3.8, 4) is 28.7 Å². The monoisotopic (exact) mass is 537 g/mol. The van der Waals surface area contributed by atoms with E-state index in [0.717, 1.165) is 17.7 Å². The molecule has 12 heteroatoms. The number of para-hydroxylation sites is 1. The fraction of sp³-hybridized carbons (Fsp3) is 0.346. The van der Waals surface area contributed by atoms with Crippen molar-refractivity contribution in [3.63, 3.8) is 0 Å². The smallest absolute Gasteiger partial charge is 0.243 e. The van der Waals surface area contributed by atoms with Gasteiger partial charge in [0.25, 0.3) is 0 Å². The number of rotatable bonds is 10. The molecule has 3 heterocycles. The van der Waals surface area contributed by atoms with E-state index in [0.29, 0.717) is 34.5 Å². The summed E-state index contributed by atoms with van der Waals surface area (Å²) in [6.07, 6.45) is 4.05. The summed E-state index contributed by atoms with van der Waals surface area (Å²) >= 11 is 0. The van der Waals surface area contributed by atoms with Gasteiger partial charge in [-0.25, -0.2) is 23.4 Å². The second-order valence-electron chi connectivity index (χ2n) is 8.82. The molecule has 0 fully saturated rings. The summed E-state index contributed by atoms with van der Waals surface area (Å²) in [5.74, 6) is 1.10. The Hall–Kier alpha value is -4.06. The number of methoxy groups -OCH3 is 2. The van der Waals surface area contributed by atoms with Crippen LogP contribution in [-0.2, 0) is 16.4 Å². The minimum atomic E-state index is -3.98. The van der Waals surface area contributed by atoms with Crippen LogP contribution >= 0.6 is 0 Å². The highest BCUT2D eigenvalue weighted by Gasteiger charge is 2.32. The molecule has 0 saturated carbocycles. The highest BCUT2D eigenvalue weighted by Crippen LogP contribution is 2.37. The zero-order valence-corrected chi connectivity index (χ0v) is 23.0. The minimum absolute atomic E-state index is 0.0321. The van der Waals surface area contributed by atoms with E-state index in [2.05, 4.69) is 29.9 Å². The highest BCUT2D eigenvalue weighted by atomic mass is 32.2. The molecule has 3 aromatic heterocycles. The Balaban J connectivity index is 1.84. The molecule has 0 aliphatic heterocycles. The van der Waals surface area contributed by atoms with Gasteiger partial charge in [0.15, 0.2) is 5.82 Å². The van der Waals surface area contributed by atoms with Crippen LogP contribution in [0, 0.1) is 6.92 Å². The summed E-state index contributed by atoms with van der Waals surface area (Å²) in [7, 11) is -0.935. The number of nitrogens with zero attached hydrogens (tertiary/aromatic N) is 6. The molecule has 0 spiro atoms. The summed E-state index contributed by atoms with van der Waals surface area (Å²) in [5.41, 5.74) is 2.69. The molecule has 0 saturated heterocycles. The summed E-state index contributed by atoms with van der Waals surface area (Å²) in [4.78, 5) is 13.3. The van der Waals surface area contributed by atoms with Gasteiger partial charge in [-0.15, -0.1) is 10.2 Å². The van der Waals surface area contributed by atoms with E-state index in [1.807, 2.05) is 26.0 Å². The van der Waals surface area contributed by atoms with E-state index >= 15 is 0 Å². The van der Waals surface area contributed by atoms with E-state index < -0.39 is 21.2 Å². The summed E-state index contributed by atoms with van der Waals surface area (Å²) in [6.45, 7) is 7.25. The number of sulfonamides is 1. The van der Waals surface area contributed by atoms with Crippen LogP contribution in [-0.4, -0.2) is 57.6 Å². The van der Waals surface area contributed by atoms with Crippen molar-refractivity contribution in [1.82, 2.24) is 29.7 Å². The fourth-order valence-electron chi connectivity index (χ4n) is 3.92. The molecular weight excluding hydrogens is 506 g/mol. The van der Waals surface area contributed by atoms with E-state index in [1.54, 1.807) is 55.1 Å². The third-order valence-electron chi connectivity index (χ3n) is 6.32. The first kappa shape index (κ1) is 27.0. The number of hydrogen-bond acceptors (Lipinski definition) is 9. The molecular formula is C26H31N7O4S. The van der Waals surface area contributed by atoms with E-state index in [1.165, 1.54) is 14.2 Å². The van der Waals surface area contributed by atoms with Gasteiger partial charge < -0.3 is 9.47 Å². The summed E-state index contributed by atoms with van der Waals surface area (Å²) in [5, 5.41) is 7.67. The summed E-state index contributed by atoms with van der Waals surface area (Å²) < 4.78 is 42.6. The lowest BCUT2D eigenvalue weighted by atomic mass is 10.1. The molecule has 0 amide bonds. The Kier molecular flexibility index (Phi) is 7.91. The first-order chi connectivity index (χ1) is 18.2. The highest BCUT2D eigenvalue weighted by molar-refractivity contribution is 7.93. The number of ether oxygens (including phenoxy) is 2. The zero-order chi connectivity index (χ0) is 27.4. The van der Waals surface area contributed by atoms with Gasteiger partial charge in [0.2, 0.25) is 16.0 Å². The van der Waals surface area contributed by atoms with Gasteiger partial charge in [-0.05, 0) is 50.1 Å². The molecule has 0 aliphatic carbocycles. The van der Waals surface area contributed by atoms with Crippen LogP contribution in [0.1, 0.15) is 43.8 Å². The van der Waals surface area contributed by atoms with Gasteiger partial charge in [-0.3, -0.25) is 9.29 Å². The average molecular weight is 538 g/mol. The molecule has 200 valence electrons. The van der Waals surface area contributed by atoms with Crippen LogP contribution in [0.25, 0.3) is 17.2 Å². The van der Waals surface area contributed by atoms with Gasteiger partial charge in [-0.2, -0.15) is 0 Å². The SMILES string of the molecule is CCc1cccc(-c2nnc(NS(=O)(=O)[C@@H](C)[C@H](C)c3ncc(C)cn3)n2-c2c(OC)cccc2OC)n1. The van der Waals surface area contributed by atoms with Gasteiger partial charge in [0, 0.05) is 24.0 Å². The van der Waals surface area contributed by atoms with Crippen molar-refractivity contribution in [3.05, 3.63) is 65.9 Å². The molecule has 0 radical (unpaired) electrons. The van der Waals surface area contributed by atoms with Crippen LogP contribution in [0.4, 0.5) is 5.95 Å². The number of aryl methyl sites for hydroxylation is 2. The Morgan fingerprint density at radius 2 is 1.61 bits per heavy atom. The first-order valence-electron chi connectivity index (χ1n) is 12.1. The van der Waals surface area contributed by atoms with Crippen molar-refractivity contribution in [2.24, 2.45) is 0 Å².